The Labute approximate surface area is 108 Å². The average Bonchev–Trinajstić information content (AvgIpc) is 2.82. The minimum Gasteiger partial charge on any atom is -0.316 e. The number of hydrogen-bond donors (Lipinski definition) is 1. The van der Waals surface area contributed by atoms with Crippen molar-refractivity contribution >= 4 is 11.3 Å². The largest absolute Gasteiger partial charge is 0.316 e. The highest BCUT2D eigenvalue weighted by molar-refractivity contribution is 7.11. The normalized spacial score (nSPS) is 29.0. The van der Waals surface area contributed by atoms with Gasteiger partial charge in [-0.2, -0.15) is 0 Å². The molecule has 1 aromatic heterocycles. The molecule has 2 nitrogen and oxygen atoms in total. The van der Waals surface area contributed by atoms with E-state index in [1.165, 1.54) is 55.8 Å². The Morgan fingerprint density at radius 3 is 3.12 bits per heavy atom. The Morgan fingerprint density at radius 1 is 1.41 bits per heavy atom. The van der Waals surface area contributed by atoms with Gasteiger partial charge in [-0.15, -0.1) is 11.3 Å². The maximum atomic E-state index is 4.92. The lowest BCUT2D eigenvalue weighted by Gasteiger charge is -2.20. The van der Waals surface area contributed by atoms with E-state index in [0.717, 1.165) is 12.5 Å². The Bertz CT molecular complexity index is 380. The van der Waals surface area contributed by atoms with E-state index in [1.807, 2.05) is 11.3 Å². The molecule has 0 aromatic carbocycles. The van der Waals surface area contributed by atoms with Gasteiger partial charge >= 0.3 is 0 Å². The molecule has 3 rings (SSSR count). The highest BCUT2D eigenvalue weighted by Gasteiger charge is 2.25. The first-order valence-corrected chi connectivity index (χ1v) is 7.87. The number of hydrogen-bond acceptors (Lipinski definition) is 3. The first-order valence-electron chi connectivity index (χ1n) is 7.06. The van der Waals surface area contributed by atoms with Crippen LogP contribution in [0.3, 0.4) is 0 Å². The summed E-state index contributed by atoms with van der Waals surface area (Å²) in [5, 5.41) is 4.92. The number of nitrogens with zero attached hydrogens (tertiary/aromatic N) is 1. The fraction of sp³-hybridized carbons (Fsp3) is 0.786. The van der Waals surface area contributed by atoms with Gasteiger partial charge < -0.3 is 5.32 Å². The third-order valence-corrected chi connectivity index (χ3v) is 5.56. The van der Waals surface area contributed by atoms with Crippen LogP contribution in [0.5, 0.6) is 0 Å². The lowest BCUT2D eigenvalue weighted by Crippen LogP contribution is -2.28. The van der Waals surface area contributed by atoms with Gasteiger partial charge in [0.1, 0.15) is 0 Å². The predicted molar refractivity (Wildman–Crippen MR) is 72.8 cm³/mol. The molecule has 0 bridgehead atoms. The summed E-state index contributed by atoms with van der Waals surface area (Å²) in [6, 6.07) is 0. The summed E-state index contributed by atoms with van der Waals surface area (Å²) in [6.45, 7) is 4.66. The molecule has 17 heavy (non-hydrogen) atoms. The molecule has 0 amide bonds. The van der Waals surface area contributed by atoms with Gasteiger partial charge in [0, 0.05) is 17.3 Å². The number of nitrogens with one attached hydrogen (secondary N) is 1. The number of piperidine rings is 1. The van der Waals surface area contributed by atoms with Crippen molar-refractivity contribution in [1.82, 2.24) is 10.3 Å². The van der Waals surface area contributed by atoms with E-state index in [1.54, 1.807) is 4.88 Å². The van der Waals surface area contributed by atoms with Crippen molar-refractivity contribution in [2.45, 2.75) is 51.4 Å². The number of aryl methyl sites for hydroxylation is 1. The van der Waals surface area contributed by atoms with Crippen LogP contribution >= 0.6 is 11.3 Å². The molecular weight excluding hydrogens is 228 g/mol. The molecule has 2 heterocycles. The van der Waals surface area contributed by atoms with E-state index >= 15 is 0 Å². The van der Waals surface area contributed by atoms with Crippen LogP contribution in [0.4, 0.5) is 0 Å². The van der Waals surface area contributed by atoms with Crippen LogP contribution in [0, 0.1) is 5.92 Å². The summed E-state index contributed by atoms with van der Waals surface area (Å²) in [7, 11) is 0. The molecular formula is C14H22N2S. The molecule has 2 atom stereocenters. The number of rotatable bonds is 2. The lowest BCUT2D eigenvalue weighted by molar-refractivity contribution is 0.442. The Kier molecular flexibility index (Phi) is 3.48. The van der Waals surface area contributed by atoms with Gasteiger partial charge in [0.2, 0.25) is 0 Å². The summed E-state index contributed by atoms with van der Waals surface area (Å²) >= 11 is 2.01. The smallest absolute Gasteiger partial charge is 0.0974 e. The van der Waals surface area contributed by atoms with Gasteiger partial charge in [0.05, 0.1) is 10.7 Å². The van der Waals surface area contributed by atoms with E-state index < -0.39 is 0 Å². The topological polar surface area (TPSA) is 24.9 Å². The van der Waals surface area contributed by atoms with E-state index in [-0.39, 0.29) is 0 Å². The van der Waals surface area contributed by atoms with Crippen LogP contribution in [0.2, 0.25) is 0 Å². The summed E-state index contributed by atoms with van der Waals surface area (Å²) in [4.78, 5) is 6.52. The fourth-order valence-corrected chi connectivity index (χ4v) is 4.41. The van der Waals surface area contributed by atoms with E-state index in [9.17, 15) is 0 Å². The second-order valence-corrected chi connectivity index (χ2v) is 6.60. The number of fused-ring (bicyclic) bond motifs is 1. The first kappa shape index (κ1) is 11.7. The van der Waals surface area contributed by atoms with Gasteiger partial charge in [0.15, 0.2) is 0 Å². The van der Waals surface area contributed by atoms with Crippen LogP contribution in [-0.2, 0) is 12.8 Å². The predicted octanol–water partition coefficient (Wildman–Crippen LogP) is 3.13. The molecule has 1 aliphatic carbocycles. The lowest BCUT2D eigenvalue weighted by atomic mass is 9.89. The molecule has 94 valence electrons. The minimum absolute atomic E-state index is 0.694. The van der Waals surface area contributed by atoms with Gasteiger partial charge in [-0.1, -0.05) is 13.3 Å². The minimum atomic E-state index is 0.694. The summed E-state index contributed by atoms with van der Waals surface area (Å²) in [6.07, 6.45) is 7.85. The zero-order valence-corrected chi connectivity index (χ0v) is 11.5. The van der Waals surface area contributed by atoms with Gasteiger partial charge in [0.25, 0.3) is 0 Å². The maximum absolute atomic E-state index is 4.92. The highest BCUT2D eigenvalue weighted by atomic mass is 32.1. The molecule has 1 N–H and O–H groups in total. The molecule has 1 saturated heterocycles. The fourth-order valence-electron chi connectivity index (χ4n) is 3.05. The monoisotopic (exact) mass is 250 g/mol. The quantitative estimate of drug-likeness (QED) is 0.872. The molecule has 1 aromatic rings. The van der Waals surface area contributed by atoms with Crippen LogP contribution in [-0.4, -0.2) is 18.1 Å². The molecule has 0 radical (unpaired) electrons. The Hall–Kier alpha value is -0.410. The van der Waals surface area contributed by atoms with Gasteiger partial charge in [-0.3, -0.25) is 0 Å². The van der Waals surface area contributed by atoms with Crippen molar-refractivity contribution in [3.63, 3.8) is 0 Å². The number of aromatic nitrogens is 1. The Morgan fingerprint density at radius 2 is 2.35 bits per heavy atom. The zero-order valence-electron chi connectivity index (χ0n) is 10.7. The molecule has 0 spiro atoms. The second kappa shape index (κ2) is 5.07. The second-order valence-electron chi connectivity index (χ2n) is 5.48. The third kappa shape index (κ3) is 2.41. The van der Waals surface area contributed by atoms with Gasteiger partial charge in [-0.05, 0) is 44.6 Å². The van der Waals surface area contributed by atoms with Crippen molar-refractivity contribution < 1.29 is 0 Å². The highest BCUT2D eigenvalue weighted by Crippen LogP contribution is 2.35. The van der Waals surface area contributed by atoms with Crippen molar-refractivity contribution in [3.8, 4) is 0 Å². The first-order chi connectivity index (χ1) is 8.36. The standard InChI is InChI=1S/C14H22N2S/c1-2-10-5-6-12-13(8-10)17-14(16-12)11-4-3-7-15-9-11/h10-11,15H,2-9H2,1H3. The van der Waals surface area contributed by atoms with E-state index in [2.05, 4.69) is 12.2 Å². The molecule has 0 saturated carbocycles. The average molecular weight is 250 g/mol. The Balaban J connectivity index is 1.77. The van der Waals surface area contributed by atoms with Crippen molar-refractivity contribution in [3.05, 3.63) is 15.6 Å². The van der Waals surface area contributed by atoms with Gasteiger partial charge in [-0.25, -0.2) is 4.98 Å². The van der Waals surface area contributed by atoms with Crippen molar-refractivity contribution in [1.29, 1.82) is 0 Å². The van der Waals surface area contributed by atoms with E-state index in [0.29, 0.717) is 5.92 Å². The zero-order chi connectivity index (χ0) is 11.7. The van der Waals surface area contributed by atoms with Crippen LogP contribution in [0.15, 0.2) is 0 Å². The molecule has 3 heteroatoms. The van der Waals surface area contributed by atoms with Crippen molar-refractivity contribution in [2.75, 3.05) is 13.1 Å². The summed E-state index contributed by atoms with van der Waals surface area (Å²) in [5.74, 6) is 1.61. The SMILES string of the molecule is CCC1CCc2nc(C3CCCNC3)sc2C1. The third-order valence-electron chi connectivity index (χ3n) is 4.28. The molecule has 2 unspecified atom stereocenters. The van der Waals surface area contributed by atoms with E-state index in [4.69, 9.17) is 4.98 Å². The van der Waals surface area contributed by atoms with Crippen LogP contribution in [0.25, 0.3) is 0 Å². The molecule has 2 aliphatic rings. The molecule has 1 fully saturated rings. The van der Waals surface area contributed by atoms with Crippen LogP contribution < -0.4 is 5.32 Å². The maximum Gasteiger partial charge on any atom is 0.0974 e. The summed E-state index contributed by atoms with van der Waals surface area (Å²) in [5.41, 5.74) is 1.43. The molecule has 1 aliphatic heterocycles. The summed E-state index contributed by atoms with van der Waals surface area (Å²) < 4.78 is 0. The van der Waals surface area contributed by atoms with Crippen molar-refractivity contribution in [2.24, 2.45) is 5.92 Å². The van der Waals surface area contributed by atoms with Crippen LogP contribution in [0.1, 0.15) is 54.1 Å². The number of thiazole rings is 1.